The van der Waals surface area contributed by atoms with E-state index in [-0.39, 0.29) is 24.5 Å². The van der Waals surface area contributed by atoms with Crippen molar-refractivity contribution in [1.82, 2.24) is 4.90 Å². The van der Waals surface area contributed by atoms with E-state index in [1.807, 2.05) is 0 Å². The lowest BCUT2D eigenvalue weighted by Gasteiger charge is -2.26. The van der Waals surface area contributed by atoms with Gasteiger partial charge in [0.15, 0.2) is 0 Å². The van der Waals surface area contributed by atoms with Crippen LogP contribution in [0, 0.1) is 0 Å². The molecule has 0 unspecified atom stereocenters. The van der Waals surface area contributed by atoms with E-state index in [0.717, 1.165) is 0 Å². The molecular formula is C21H20ClNO6. The number of ketones is 1. The molecule has 0 spiro atoms. The Kier molecular flexibility index (Phi) is 6.10. The maximum Gasteiger partial charge on any atom is 0.295 e. The van der Waals surface area contributed by atoms with E-state index in [2.05, 4.69) is 0 Å². The monoisotopic (exact) mass is 417 g/mol. The first-order chi connectivity index (χ1) is 13.9. The Hall–Kier alpha value is -3.03. The lowest BCUT2D eigenvalue weighted by molar-refractivity contribution is -0.140. The molecule has 2 aromatic carbocycles. The summed E-state index contributed by atoms with van der Waals surface area (Å²) in [5.74, 6) is -1.07. The van der Waals surface area contributed by atoms with Crippen LogP contribution in [0.1, 0.15) is 17.2 Å². The largest absolute Gasteiger partial charge is 0.507 e. The number of amides is 1. The summed E-state index contributed by atoms with van der Waals surface area (Å²) in [6, 6.07) is 10.3. The van der Waals surface area contributed by atoms with Gasteiger partial charge in [-0.25, -0.2) is 0 Å². The van der Waals surface area contributed by atoms with Crippen LogP contribution in [0.3, 0.4) is 0 Å². The van der Waals surface area contributed by atoms with E-state index < -0.39 is 17.7 Å². The smallest absolute Gasteiger partial charge is 0.295 e. The molecule has 2 aromatic rings. The Labute approximate surface area is 172 Å². The van der Waals surface area contributed by atoms with Crippen molar-refractivity contribution in [2.45, 2.75) is 6.04 Å². The molecule has 3 rings (SSSR count). The van der Waals surface area contributed by atoms with Gasteiger partial charge in [0.1, 0.15) is 17.3 Å². The van der Waals surface area contributed by atoms with Crippen molar-refractivity contribution in [3.63, 3.8) is 0 Å². The zero-order valence-electron chi connectivity index (χ0n) is 15.9. The molecule has 0 aromatic heterocycles. The number of carbonyl (C=O) groups is 2. The number of aliphatic hydroxyl groups excluding tert-OH is 2. The summed E-state index contributed by atoms with van der Waals surface area (Å²) >= 11 is 5.90. The lowest BCUT2D eigenvalue weighted by atomic mass is 9.94. The van der Waals surface area contributed by atoms with Crippen LogP contribution in [0.25, 0.3) is 5.76 Å². The minimum absolute atomic E-state index is 0.0815. The number of β-amino-alcohol motifs (C(OH)–C–C–N with tert-alkyl or cyclic N) is 1. The van der Waals surface area contributed by atoms with Crippen molar-refractivity contribution in [3.05, 3.63) is 64.2 Å². The van der Waals surface area contributed by atoms with Gasteiger partial charge in [-0.2, -0.15) is 0 Å². The van der Waals surface area contributed by atoms with Gasteiger partial charge in [0, 0.05) is 28.8 Å². The summed E-state index contributed by atoms with van der Waals surface area (Å²) in [4.78, 5) is 26.6. The molecule has 1 aliphatic heterocycles. The van der Waals surface area contributed by atoms with Crippen molar-refractivity contribution in [3.8, 4) is 11.5 Å². The van der Waals surface area contributed by atoms with Crippen molar-refractivity contribution >= 4 is 29.1 Å². The van der Waals surface area contributed by atoms with Crippen LogP contribution in [-0.4, -0.2) is 54.2 Å². The van der Waals surface area contributed by atoms with Crippen LogP contribution in [0.5, 0.6) is 11.5 Å². The molecule has 152 valence electrons. The zero-order valence-corrected chi connectivity index (χ0v) is 16.6. The average Bonchev–Trinajstić information content (AvgIpc) is 2.98. The van der Waals surface area contributed by atoms with Crippen molar-refractivity contribution in [2.24, 2.45) is 0 Å². The third-order valence-corrected chi connectivity index (χ3v) is 4.99. The average molecular weight is 418 g/mol. The minimum Gasteiger partial charge on any atom is -0.507 e. The van der Waals surface area contributed by atoms with Gasteiger partial charge in [-0.15, -0.1) is 0 Å². The summed E-state index contributed by atoms with van der Waals surface area (Å²) in [5, 5.41) is 20.8. The highest BCUT2D eigenvalue weighted by molar-refractivity contribution is 6.46. The second-order valence-corrected chi connectivity index (χ2v) is 6.77. The zero-order chi connectivity index (χ0) is 21.1. The molecule has 7 nitrogen and oxygen atoms in total. The van der Waals surface area contributed by atoms with Gasteiger partial charge in [-0.1, -0.05) is 11.6 Å². The number of ether oxygens (including phenoxy) is 2. The van der Waals surface area contributed by atoms with Crippen LogP contribution in [-0.2, 0) is 9.59 Å². The molecule has 8 heteroatoms. The third kappa shape index (κ3) is 3.79. The summed E-state index contributed by atoms with van der Waals surface area (Å²) in [6.07, 6.45) is 0. The Balaban J connectivity index is 2.23. The fourth-order valence-corrected chi connectivity index (χ4v) is 3.48. The molecular weight excluding hydrogens is 398 g/mol. The molecule has 0 radical (unpaired) electrons. The topological polar surface area (TPSA) is 96.3 Å². The fraction of sp³-hybridized carbons (Fsp3) is 0.238. The second-order valence-electron chi connectivity index (χ2n) is 6.33. The van der Waals surface area contributed by atoms with Gasteiger partial charge in [-0.3, -0.25) is 9.59 Å². The number of nitrogens with zero attached hydrogens (tertiary/aromatic N) is 1. The molecule has 1 aliphatic rings. The fourth-order valence-electron chi connectivity index (χ4n) is 3.35. The number of hydrogen-bond donors (Lipinski definition) is 2. The van der Waals surface area contributed by atoms with Gasteiger partial charge in [-0.05, 0) is 36.4 Å². The lowest BCUT2D eigenvalue weighted by Crippen LogP contribution is -2.32. The van der Waals surface area contributed by atoms with Crippen LogP contribution in [0.2, 0.25) is 5.02 Å². The first kappa shape index (κ1) is 20.7. The van der Waals surface area contributed by atoms with E-state index >= 15 is 0 Å². The van der Waals surface area contributed by atoms with E-state index in [1.165, 1.54) is 19.1 Å². The van der Waals surface area contributed by atoms with Crippen LogP contribution in [0.4, 0.5) is 0 Å². The predicted octanol–water partition coefficient (Wildman–Crippen LogP) is 2.77. The van der Waals surface area contributed by atoms with Crippen LogP contribution >= 0.6 is 11.6 Å². The standard InChI is InChI=1S/C21H20ClNO6/c1-28-14-7-8-15(16(11-14)29-2)18-17(20(26)21(27)23(18)9-10-24)19(25)12-3-5-13(22)6-4-12/h3-8,11,18,24-25H,9-10H2,1-2H3/b19-17+/t18-/m1/s1. The Bertz CT molecular complexity index is 970. The third-order valence-electron chi connectivity index (χ3n) is 4.73. The normalized spacial score (nSPS) is 18.2. The second kappa shape index (κ2) is 8.55. The van der Waals surface area contributed by atoms with Crippen LogP contribution < -0.4 is 9.47 Å². The van der Waals surface area contributed by atoms with Crippen molar-refractivity contribution < 1.29 is 29.3 Å². The number of carbonyl (C=O) groups excluding carboxylic acids is 2. The Morgan fingerprint density at radius 1 is 1.10 bits per heavy atom. The molecule has 1 amide bonds. The molecule has 29 heavy (non-hydrogen) atoms. The number of benzene rings is 2. The predicted molar refractivity (Wildman–Crippen MR) is 107 cm³/mol. The number of Topliss-reactive ketones (excluding diaryl/α,β-unsaturated/α-hetero) is 1. The SMILES string of the molecule is COc1ccc([C@@H]2/C(=C(\O)c3ccc(Cl)cc3)C(=O)C(=O)N2CCO)c(OC)c1. The van der Waals surface area contributed by atoms with E-state index in [0.29, 0.717) is 27.6 Å². The molecule has 1 fully saturated rings. The van der Waals surface area contributed by atoms with E-state index in [1.54, 1.807) is 42.5 Å². The highest BCUT2D eigenvalue weighted by atomic mass is 35.5. The van der Waals surface area contributed by atoms with Gasteiger partial charge in [0.05, 0.1) is 32.4 Å². The quantitative estimate of drug-likeness (QED) is 0.426. The van der Waals surface area contributed by atoms with Gasteiger partial charge in [0.2, 0.25) is 0 Å². The van der Waals surface area contributed by atoms with E-state index in [4.69, 9.17) is 21.1 Å². The number of likely N-dealkylation sites (tertiary alicyclic amines) is 1. The Morgan fingerprint density at radius 3 is 2.38 bits per heavy atom. The number of halogens is 1. The van der Waals surface area contributed by atoms with Gasteiger partial charge >= 0.3 is 0 Å². The molecule has 2 N–H and O–H groups in total. The molecule has 1 saturated heterocycles. The number of methoxy groups -OCH3 is 2. The summed E-state index contributed by atoms with van der Waals surface area (Å²) < 4.78 is 10.6. The molecule has 0 aliphatic carbocycles. The van der Waals surface area contributed by atoms with Crippen molar-refractivity contribution in [1.29, 1.82) is 0 Å². The highest BCUT2D eigenvalue weighted by Crippen LogP contribution is 2.43. The Morgan fingerprint density at radius 2 is 1.79 bits per heavy atom. The van der Waals surface area contributed by atoms with E-state index in [9.17, 15) is 19.8 Å². The summed E-state index contributed by atoms with van der Waals surface area (Å²) in [5.41, 5.74) is 0.736. The van der Waals surface area contributed by atoms with Gasteiger partial charge < -0.3 is 24.6 Å². The summed E-state index contributed by atoms with van der Waals surface area (Å²) in [7, 11) is 2.96. The molecule has 1 atom stereocenters. The molecule has 0 saturated carbocycles. The summed E-state index contributed by atoms with van der Waals surface area (Å²) in [6.45, 7) is -0.426. The first-order valence-corrected chi connectivity index (χ1v) is 9.17. The minimum atomic E-state index is -0.932. The molecule has 0 bridgehead atoms. The van der Waals surface area contributed by atoms with Crippen molar-refractivity contribution in [2.75, 3.05) is 27.4 Å². The van der Waals surface area contributed by atoms with Crippen LogP contribution in [0.15, 0.2) is 48.0 Å². The first-order valence-electron chi connectivity index (χ1n) is 8.80. The number of rotatable bonds is 6. The highest BCUT2D eigenvalue weighted by Gasteiger charge is 2.46. The number of hydrogen-bond acceptors (Lipinski definition) is 6. The number of aliphatic hydroxyl groups is 2. The maximum atomic E-state index is 12.8. The maximum absolute atomic E-state index is 12.8. The molecule has 1 heterocycles. The van der Waals surface area contributed by atoms with Gasteiger partial charge in [0.25, 0.3) is 11.7 Å².